The molecule has 0 saturated carbocycles. The van der Waals surface area contributed by atoms with Gasteiger partial charge in [-0.1, -0.05) is 166 Å². The molecule has 1 heteroatoms. The average Bonchev–Trinajstić information content (AvgIpc) is 3.39. The fourth-order valence-electron chi connectivity index (χ4n) is 9.03. The van der Waals surface area contributed by atoms with E-state index in [9.17, 15) is 0 Å². The summed E-state index contributed by atoms with van der Waals surface area (Å²) in [6.07, 6.45) is 33.6. The van der Waals surface area contributed by atoms with Crippen molar-refractivity contribution in [2.75, 3.05) is 0 Å². The van der Waals surface area contributed by atoms with Gasteiger partial charge in [-0.05, 0) is 138 Å². The molecule has 2 aromatic rings. The van der Waals surface area contributed by atoms with E-state index >= 15 is 0 Å². The number of thioether (sulfide) groups is 1. The van der Waals surface area contributed by atoms with E-state index in [1.807, 2.05) is 12.2 Å². The molecule has 3 aliphatic carbocycles. The van der Waals surface area contributed by atoms with Gasteiger partial charge in [0.2, 0.25) is 0 Å². The van der Waals surface area contributed by atoms with Gasteiger partial charge in [-0.25, -0.2) is 0 Å². The minimum absolute atomic E-state index is 0.117. The molecule has 0 aliphatic heterocycles. The monoisotopic (exact) mass is 758 g/mol. The number of allylic oxidation sites excluding steroid dienone is 13. The summed E-state index contributed by atoms with van der Waals surface area (Å²) in [6.45, 7) is 31.8. The Morgan fingerprint density at radius 1 is 0.875 bits per heavy atom. The van der Waals surface area contributed by atoms with Crippen LogP contribution >= 0.6 is 11.8 Å². The van der Waals surface area contributed by atoms with Gasteiger partial charge in [0.1, 0.15) is 0 Å². The van der Waals surface area contributed by atoms with Crippen LogP contribution in [0.3, 0.4) is 0 Å². The van der Waals surface area contributed by atoms with Crippen LogP contribution in [0.4, 0.5) is 0 Å². The number of rotatable bonds is 14. The number of aryl methyl sites for hydroxylation is 2. The van der Waals surface area contributed by atoms with Crippen LogP contribution in [0, 0.1) is 24.7 Å². The molecular formula is C55H66S. The maximum Gasteiger partial charge on any atom is 0.0667 e. The molecule has 0 bridgehead atoms. The van der Waals surface area contributed by atoms with Crippen LogP contribution in [0.1, 0.15) is 141 Å². The second kappa shape index (κ2) is 18.4. The molecule has 0 nitrogen and oxygen atoms in total. The van der Waals surface area contributed by atoms with E-state index in [-0.39, 0.29) is 16.2 Å². The van der Waals surface area contributed by atoms with Crippen LogP contribution in [0.15, 0.2) is 137 Å². The van der Waals surface area contributed by atoms with Crippen molar-refractivity contribution in [3.63, 3.8) is 0 Å². The Balaban J connectivity index is 1.66. The predicted octanol–water partition coefficient (Wildman–Crippen LogP) is 15.8. The number of fused-ring (bicyclic) bond motifs is 1. The van der Waals surface area contributed by atoms with E-state index < -0.39 is 0 Å². The molecule has 5 rings (SSSR count). The zero-order valence-electron chi connectivity index (χ0n) is 36.2. The van der Waals surface area contributed by atoms with Crippen LogP contribution in [0.5, 0.6) is 0 Å². The zero-order chi connectivity index (χ0) is 40.7. The summed E-state index contributed by atoms with van der Waals surface area (Å²) in [5, 5.41) is 0. The molecule has 56 heavy (non-hydrogen) atoms. The van der Waals surface area contributed by atoms with Crippen LogP contribution < -0.4 is 0 Å². The van der Waals surface area contributed by atoms with Crippen LogP contribution in [0.2, 0.25) is 0 Å². The first-order valence-corrected chi connectivity index (χ1v) is 21.9. The Hall–Kier alpha value is -4.21. The summed E-state index contributed by atoms with van der Waals surface area (Å²) in [5.41, 5.74) is 16.5. The lowest BCUT2D eigenvalue weighted by Gasteiger charge is -2.44. The summed E-state index contributed by atoms with van der Waals surface area (Å²) in [5.74, 6) is 8.08. The molecule has 0 radical (unpaired) electrons. The van der Waals surface area contributed by atoms with Crippen molar-refractivity contribution in [2.24, 2.45) is 5.92 Å². The number of benzene rings is 2. The minimum Gasteiger partial charge on any atom is -0.104 e. The Labute approximate surface area is 345 Å². The number of hydrogen-bond acceptors (Lipinski definition) is 1. The molecular weight excluding hydrogens is 693 g/mol. The van der Waals surface area contributed by atoms with Gasteiger partial charge >= 0.3 is 0 Å². The van der Waals surface area contributed by atoms with Gasteiger partial charge in [-0.15, -0.1) is 5.73 Å². The van der Waals surface area contributed by atoms with Gasteiger partial charge < -0.3 is 0 Å². The summed E-state index contributed by atoms with van der Waals surface area (Å²) < 4.78 is 0. The summed E-state index contributed by atoms with van der Waals surface area (Å²) in [4.78, 5) is 2.49. The van der Waals surface area contributed by atoms with Gasteiger partial charge in [0.05, 0.1) is 5.57 Å². The van der Waals surface area contributed by atoms with E-state index in [1.165, 1.54) is 92.0 Å². The van der Waals surface area contributed by atoms with E-state index in [1.54, 1.807) is 11.8 Å². The lowest BCUT2D eigenvalue weighted by atomic mass is 9.59. The third kappa shape index (κ3) is 9.48. The molecule has 1 atom stereocenters. The summed E-state index contributed by atoms with van der Waals surface area (Å²) in [7, 11) is 0. The highest BCUT2D eigenvalue weighted by Gasteiger charge is 2.42. The van der Waals surface area contributed by atoms with Crippen molar-refractivity contribution < 1.29 is 0 Å². The standard InChI is InChI=1S/C55H66S/c1-13-23-39(5)24-20-21-26-43-35-40(6)46(37-50(43)53(7,8)34-14-2)47-38-52-51(54(9,10)48(15-3)49(16-4)55(52,11)12)36-42(47)32-30-41-25-22-29-45(33-31-41)56-44-27-18-17-19-28-44/h14-16,18,22,27-29,31,33-39H,3-4,13,17,19-21,23-24,26H2,1-2,5-12H3/b34-14-. The smallest absolute Gasteiger partial charge is 0.0667 e. The zero-order valence-corrected chi connectivity index (χ0v) is 37.0. The average molecular weight is 759 g/mol. The minimum atomic E-state index is -0.266. The summed E-state index contributed by atoms with van der Waals surface area (Å²) in [6, 6.07) is 9.84. The fraction of sp³-hybridized carbons (Fsp3) is 0.400. The van der Waals surface area contributed by atoms with E-state index in [0.29, 0.717) is 0 Å². The molecule has 0 aromatic heterocycles. The Bertz CT molecular complexity index is 2160. The molecule has 2 aromatic carbocycles. The normalized spacial score (nSPS) is 17.7. The maximum atomic E-state index is 4.31. The lowest BCUT2D eigenvalue weighted by Crippen LogP contribution is -2.36. The first-order chi connectivity index (χ1) is 26.7. The second-order valence-electron chi connectivity index (χ2n) is 17.7. The van der Waals surface area contributed by atoms with Crippen molar-refractivity contribution in [1.82, 2.24) is 0 Å². The topological polar surface area (TPSA) is 0 Å². The largest absolute Gasteiger partial charge is 0.104 e. The first-order valence-electron chi connectivity index (χ1n) is 21.1. The lowest BCUT2D eigenvalue weighted by molar-refractivity contribution is 0.460. The molecule has 0 saturated heterocycles. The predicted molar refractivity (Wildman–Crippen MR) is 249 cm³/mol. The van der Waals surface area contributed by atoms with Crippen LogP contribution in [0.25, 0.3) is 11.1 Å². The number of unbranched alkanes of at least 4 members (excludes halogenated alkanes) is 1. The van der Waals surface area contributed by atoms with E-state index in [2.05, 4.69) is 179 Å². The van der Waals surface area contributed by atoms with Crippen molar-refractivity contribution >= 4 is 11.8 Å². The van der Waals surface area contributed by atoms with Crippen molar-refractivity contribution in [1.29, 1.82) is 0 Å². The Kier molecular flexibility index (Phi) is 14.1. The van der Waals surface area contributed by atoms with Gasteiger partial charge in [-0.3, -0.25) is 0 Å². The molecule has 0 amide bonds. The molecule has 0 heterocycles. The van der Waals surface area contributed by atoms with Crippen molar-refractivity contribution in [3.8, 4) is 23.0 Å². The first kappa shape index (κ1) is 42.9. The Morgan fingerprint density at radius 2 is 1.59 bits per heavy atom. The summed E-state index contributed by atoms with van der Waals surface area (Å²) >= 11 is 1.80. The van der Waals surface area contributed by atoms with E-state index in [4.69, 9.17) is 0 Å². The van der Waals surface area contributed by atoms with Crippen LogP contribution in [-0.2, 0) is 22.7 Å². The van der Waals surface area contributed by atoms with Crippen molar-refractivity contribution in [2.45, 2.75) is 137 Å². The molecule has 1 unspecified atom stereocenters. The quantitative estimate of drug-likeness (QED) is 0.0800. The fourth-order valence-corrected chi connectivity index (χ4v) is 9.94. The van der Waals surface area contributed by atoms with Crippen LogP contribution in [-0.4, -0.2) is 0 Å². The third-order valence-corrected chi connectivity index (χ3v) is 13.2. The van der Waals surface area contributed by atoms with Gasteiger partial charge in [0.15, 0.2) is 0 Å². The molecule has 3 aliphatic rings. The molecule has 292 valence electrons. The van der Waals surface area contributed by atoms with Gasteiger partial charge in [0.25, 0.3) is 0 Å². The SMILES string of the molecule is C=CC1=C(C=C)C(C)(C)c2cc(-c3cc(C(C)(C)/C=C\C)c(CCCCC(C)CCC)cc3C)c(C#CC3=C=CC=C(SC4=CCCC=C4)C=C3)cc2C1(C)C. The van der Waals surface area contributed by atoms with Gasteiger partial charge in [-0.2, -0.15) is 0 Å². The van der Waals surface area contributed by atoms with E-state index in [0.717, 1.165) is 36.3 Å². The highest BCUT2D eigenvalue weighted by Crippen LogP contribution is 2.52. The Morgan fingerprint density at radius 3 is 2.23 bits per heavy atom. The molecule has 0 fully saturated rings. The molecule has 0 N–H and O–H groups in total. The second-order valence-corrected chi connectivity index (χ2v) is 18.8. The highest BCUT2D eigenvalue weighted by molar-refractivity contribution is 8.07. The van der Waals surface area contributed by atoms with Gasteiger partial charge in [0, 0.05) is 31.6 Å². The third-order valence-electron chi connectivity index (χ3n) is 12.2. The number of hydrogen-bond donors (Lipinski definition) is 0. The van der Waals surface area contributed by atoms with Crippen molar-refractivity contribution in [3.05, 3.63) is 170 Å². The highest BCUT2D eigenvalue weighted by atomic mass is 32.2. The molecule has 0 spiro atoms. The maximum absolute atomic E-state index is 4.31.